The van der Waals surface area contributed by atoms with Crippen molar-refractivity contribution in [2.75, 3.05) is 18.1 Å². The van der Waals surface area contributed by atoms with Gasteiger partial charge in [0.1, 0.15) is 0 Å². The summed E-state index contributed by atoms with van der Waals surface area (Å²) in [5, 5.41) is 3.25. The van der Waals surface area contributed by atoms with Crippen LogP contribution in [0.3, 0.4) is 0 Å². The summed E-state index contributed by atoms with van der Waals surface area (Å²) in [5.74, 6) is -1.19. The Labute approximate surface area is 171 Å². The maximum Gasteiger partial charge on any atom is 0.266 e. The van der Waals surface area contributed by atoms with E-state index in [0.29, 0.717) is 17.8 Å². The first-order chi connectivity index (χ1) is 13.5. The number of hydrogen-bond acceptors (Lipinski definition) is 4. The highest BCUT2D eigenvalue weighted by atomic mass is 35.5. The molecule has 8 heteroatoms. The van der Waals surface area contributed by atoms with E-state index in [4.69, 9.17) is 27.9 Å². The fraction of sp³-hybridized carbons (Fsp3) is 0.250. The quantitative estimate of drug-likeness (QED) is 0.767. The second kappa shape index (κ2) is 7.54. The molecular formula is C20H16Cl2N2O4. The molecule has 1 N–H and O–H groups in total. The molecule has 4 rings (SSSR count). The van der Waals surface area contributed by atoms with Gasteiger partial charge in [0.15, 0.2) is 0 Å². The van der Waals surface area contributed by atoms with E-state index in [1.165, 1.54) is 12.1 Å². The van der Waals surface area contributed by atoms with Crippen LogP contribution in [0, 0.1) is 0 Å². The van der Waals surface area contributed by atoms with Gasteiger partial charge in [0.25, 0.3) is 17.7 Å². The van der Waals surface area contributed by atoms with Crippen LogP contribution in [0.4, 0.5) is 5.69 Å². The third-order valence-corrected chi connectivity index (χ3v) is 5.55. The number of anilines is 1. The van der Waals surface area contributed by atoms with Crippen molar-refractivity contribution < 1.29 is 19.1 Å². The number of fused-ring (bicyclic) bond motifs is 1. The molecule has 3 amide bonds. The van der Waals surface area contributed by atoms with Crippen molar-refractivity contribution >= 4 is 46.6 Å². The average molecular weight is 419 g/mol. The van der Waals surface area contributed by atoms with Crippen molar-refractivity contribution in [3.63, 3.8) is 0 Å². The number of halogens is 2. The molecule has 1 atom stereocenters. The highest BCUT2D eigenvalue weighted by molar-refractivity contribution is 6.44. The van der Waals surface area contributed by atoms with Crippen molar-refractivity contribution in [1.29, 1.82) is 0 Å². The predicted molar refractivity (Wildman–Crippen MR) is 105 cm³/mol. The molecule has 0 spiro atoms. The molecule has 0 bridgehead atoms. The largest absolute Gasteiger partial charge is 0.376 e. The summed E-state index contributed by atoms with van der Waals surface area (Å²) in [6.45, 7) is 1.19. The number of benzene rings is 2. The van der Waals surface area contributed by atoms with Crippen LogP contribution in [-0.4, -0.2) is 37.0 Å². The summed E-state index contributed by atoms with van der Waals surface area (Å²) in [5.41, 5.74) is 1.22. The highest BCUT2D eigenvalue weighted by Gasteiger charge is 2.37. The number of rotatable bonds is 4. The lowest BCUT2D eigenvalue weighted by atomic mass is 10.1. The minimum absolute atomic E-state index is 0.0558. The standard InChI is InChI=1S/C20H16Cl2N2O4/c21-16-8-14-15(9-17(16)22)20(27)24(19(14)26)12-5-3-11(4-6-12)18(25)23-10-13-2-1-7-28-13/h3-6,8-9,13H,1-2,7,10H2,(H,23,25)/t13-/m0/s1. The fourth-order valence-electron chi connectivity index (χ4n) is 3.34. The Balaban J connectivity index is 1.50. The smallest absolute Gasteiger partial charge is 0.266 e. The Morgan fingerprint density at radius 3 is 2.21 bits per heavy atom. The van der Waals surface area contributed by atoms with E-state index in [9.17, 15) is 14.4 Å². The summed E-state index contributed by atoms with van der Waals surface area (Å²) in [6, 6.07) is 9.06. The molecule has 2 aromatic rings. The number of amides is 3. The normalized spacial score (nSPS) is 18.5. The zero-order chi connectivity index (χ0) is 19.8. The van der Waals surface area contributed by atoms with Crippen molar-refractivity contribution in [2.45, 2.75) is 18.9 Å². The van der Waals surface area contributed by atoms with Crippen LogP contribution in [-0.2, 0) is 4.74 Å². The van der Waals surface area contributed by atoms with Gasteiger partial charge in [-0.3, -0.25) is 14.4 Å². The van der Waals surface area contributed by atoms with Crippen LogP contribution in [0.2, 0.25) is 10.0 Å². The number of hydrogen-bond donors (Lipinski definition) is 1. The van der Waals surface area contributed by atoms with Gasteiger partial charge < -0.3 is 10.1 Å². The second-order valence-corrected chi connectivity index (χ2v) is 7.46. The van der Waals surface area contributed by atoms with Crippen LogP contribution in [0.1, 0.15) is 43.9 Å². The lowest BCUT2D eigenvalue weighted by Crippen LogP contribution is -2.32. The minimum atomic E-state index is -0.478. The van der Waals surface area contributed by atoms with E-state index in [2.05, 4.69) is 5.32 Å². The molecule has 2 aliphatic rings. The molecule has 1 fully saturated rings. The van der Waals surface area contributed by atoms with Gasteiger partial charge in [-0.2, -0.15) is 0 Å². The van der Waals surface area contributed by atoms with E-state index in [1.54, 1.807) is 24.3 Å². The first-order valence-electron chi connectivity index (χ1n) is 8.83. The Morgan fingerprint density at radius 1 is 1.07 bits per heavy atom. The summed E-state index contributed by atoms with van der Waals surface area (Å²) in [7, 11) is 0. The zero-order valence-corrected chi connectivity index (χ0v) is 16.2. The van der Waals surface area contributed by atoms with Gasteiger partial charge in [0, 0.05) is 18.7 Å². The molecule has 1 saturated heterocycles. The first-order valence-corrected chi connectivity index (χ1v) is 9.59. The fourth-order valence-corrected chi connectivity index (χ4v) is 3.67. The van der Waals surface area contributed by atoms with Crippen molar-refractivity contribution in [3.05, 3.63) is 63.1 Å². The molecule has 28 heavy (non-hydrogen) atoms. The van der Waals surface area contributed by atoms with Crippen LogP contribution < -0.4 is 10.2 Å². The van der Waals surface area contributed by atoms with Gasteiger partial charge in [-0.05, 0) is 49.2 Å². The Kier molecular flexibility index (Phi) is 5.10. The maximum atomic E-state index is 12.6. The maximum absolute atomic E-state index is 12.6. The van der Waals surface area contributed by atoms with Gasteiger partial charge in [0.2, 0.25) is 0 Å². The monoisotopic (exact) mass is 418 g/mol. The Bertz CT molecular complexity index is 928. The van der Waals surface area contributed by atoms with Crippen LogP contribution in [0.25, 0.3) is 0 Å². The van der Waals surface area contributed by atoms with Gasteiger partial charge in [-0.1, -0.05) is 23.2 Å². The minimum Gasteiger partial charge on any atom is -0.376 e. The van der Waals surface area contributed by atoms with Crippen LogP contribution in [0.5, 0.6) is 0 Å². The molecule has 6 nitrogen and oxygen atoms in total. The topological polar surface area (TPSA) is 75.7 Å². The lowest BCUT2D eigenvalue weighted by Gasteiger charge is -2.15. The number of imide groups is 1. The van der Waals surface area contributed by atoms with E-state index >= 15 is 0 Å². The summed E-state index contributed by atoms with van der Waals surface area (Å²) in [4.78, 5) is 38.6. The Morgan fingerprint density at radius 2 is 1.68 bits per heavy atom. The lowest BCUT2D eigenvalue weighted by molar-refractivity contribution is 0.0857. The van der Waals surface area contributed by atoms with Crippen molar-refractivity contribution in [1.82, 2.24) is 5.32 Å². The van der Waals surface area contributed by atoms with E-state index in [0.717, 1.165) is 24.3 Å². The van der Waals surface area contributed by atoms with Gasteiger partial charge in [-0.15, -0.1) is 0 Å². The van der Waals surface area contributed by atoms with Gasteiger partial charge in [-0.25, -0.2) is 4.90 Å². The molecule has 2 aromatic carbocycles. The zero-order valence-electron chi connectivity index (χ0n) is 14.7. The van der Waals surface area contributed by atoms with Crippen LogP contribution >= 0.6 is 23.2 Å². The molecule has 0 radical (unpaired) electrons. The van der Waals surface area contributed by atoms with E-state index < -0.39 is 11.8 Å². The summed E-state index contributed by atoms with van der Waals surface area (Å²) < 4.78 is 5.48. The molecule has 0 aromatic heterocycles. The number of ether oxygens (including phenoxy) is 1. The Hall–Kier alpha value is -2.41. The highest BCUT2D eigenvalue weighted by Crippen LogP contribution is 2.34. The SMILES string of the molecule is O=C(NC[C@@H]1CCCO1)c1ccc(N2C(=O)c3cc(Cl)c(Cl)cc3C2=O)cc1. The first kappa shape index (κ1) is 18.9. The van der Waals surface area contributed by atoms with E-state index in [-0.39, 0.29) is 33.2 Å². The molecule has 2 aliphatic heterocycles. The third kappa shape index (κ3) is 3.39. The summed E-state index contributed by atoms with van der Waals surface area (Å²) >= 11 is 11.9. The molecule has 0 saturated carbocycles. The molecular weight excluding hydrogens is 403 g/mol. The predicted octanol–water partition coefficient (Wildman–Crippen LogP) is 3.70. The number of nitrogens with zero attached hydrogens (tertiary/aromatic N) is 1. The molecule has 0 aliphatic carbocycles. The average Bonchev–Trinajstić information content (AvgIpc) is 3.29. The second-order valence-electron chi connectivity index (χ2n) is 6.65. The van der Waals surface area contributed by atoms with Crippen molar-refractivity contribution in [3.8, 4) is 0 Å². The van der Waals surface area contributed by atoms with Crippen LogP contribution in [0.15, 0.2) is 36.4 Å². The molecule has 2 heterocycles. The number of carbonyl (C=O) groups excluding carboxylic acids is 3. The number of nitrogens with one attached hydrogen (secondary N) is 1. The molecule has 144 valence electrons. The summed E-state index contributed by atoms with van der Waals surface area (Å²) in [6.07, 6.45) is 2.00. The third-order valence-electron chi connectivity index (χ3n) is 4.83. The number of carbonyl (C=O) groups is 3. The van der Waals surface area contributed by atoms with Gasteiger partial charge >= 0.3 is 0 Å². The van der Waals surface area contributed by atoms with Gasteiger partial charge in [0.05, 0.1) is 33.0 Å². The molecule has 0 unspecified atom stereocenters. The van der Waals surface area contributed by atoms with Crippen molar-refractivity contribution in [2.24, 2.45) is 0 Å². The van der Waals surface area contributed by atoms with E-state index in [1.807, 2.05) is 0 Å².